The van der Waals surface area contributed by atoms with Gasteiger partial charge in [-0.1, -0.05) is 38.5 Å². The highest BCUT2D eigenvalue weighted by Crippen LogP contribution is 2.48. The van der Waals surface area contributed by atoms with Gasteiger partial charge in [0.15, 0.2) is 5.82 Å². The van der Waals surface area contributed by atoms with Gasteiger partial charge in [0.05, 0.1) is 5.69 Å². The minimum Gasteiger partial charge on any atom is -0.461 e. The van der Waals surface area contributed by atoms with Crippen molar-refractivity contribution in [1.29, 1.82) is 5.26 Å². The molecular weight excluding hydrogens is 631 g/mol. The summed E-state index contributed by atoms with van der Waals surface area (Å²) in [5, 5.41) is 42.0. The molecule has 1 aromatic carbocycles. The molecule has 1 amide bonds. The number of para-hydroxylation sites is 1. The van der Waals surface area contributed by atoms with Gasteiger partial charge in [-0.3, -0.25) is 14.1 Å². The van der Waals surface area contributed by atoms with Crippen LogP contribution in [0.4, 0.5) is 5.82 Å². The van der Waals surface area contributed by atoms with E-state index < -0.39 is 50.3 Å². The summed E-state index contributed by atoms with van der Waals surface area (Å²) < 4.78 is 38.5. The predicted octanol–water partition coefficient (Wildman–Crippen LogP) is 3.44. The van der Waals surface area contributed by atoms with E-state index in [1.54, 1.807) is 44.2 Å². The highest BCUT2D eigenvalue weighted by atomic mass is 31.2. The molecule has 0 radical (unpaired) electrons. The average Bonchev–Trinajstić information content (AvgIpc) is 3.60. The number of nitrogens with one attached hydrogen (secondary N) is 2. The molecular formula is C31H39N6O9P. The molecule has 16 heteroatoms. The summed E-state index contributed by atoms with van der Waals surface area (Å²) in [7, 11) is -4.45. The van der Waals surface area contributed by atoms with Gasteiger partial charge in [0, 0.05) is 5.92 Å². The summed E-state index contributed by atoms with van der Waals surface area (Å²) in [4.78, 5) is 29.4. The van der Waals surface area contributed by atoms with Gasteiger partial charge in [0.2, 0.25) is 11.5 Å². The molecule has 47 heavy (non-hydrogen) atoms. The minimum absolute atomic E-state index is 0.146. The Balaban J connectivity index is 1.36. The zero-order valence-electron chi connectivity index (χ0n) is 26.3. The highest BCUT2D eigenvalue weighted by molar-refractivity contribution is 7.52. The molecule has 0 spiro atoms. The Morgan fingerprint density at radius 1 is 1.15 bits per heavy atom. The molecule has 3 heterocycles. The third-order valence-electron chi connectivity index (χ3n) is 8.13. The summed E-state index contributed by atoms with van der Waals surface area (Å²) in [6.07, 6.45) is 0.649. The normalized spacial score (nSPS) is 25.2. The van der Waals surface area contributed by atoms with E-state index in [0.717, 1.165) is 32.1 Å². The number of nitrogens with zero attached hydrogens (tertiary/aromatic N) is 4. The van der Waals surface area contributed by atoms with Crippen LogP contribution in [0.25, 0.3) is 5.52 Å². The molecule has 0 unspecified atom stereocenters. The van der Waals surface area contributed by atoms with Crippen molar-refractivity contribution in [2.45, 2.75) is 88.9 Å². The van der Waals surface area contributed by atoms with Crippen molar-refractivity contribution >= 4 is 31.0 Å². The lowest BCUT2D eigenvalue weighted by atomic mass is 9.96. The van der Waals surface area contributed by atoms with Crippen molar-refractivity contribution in [1.82, 2.24) is 19.7 Å². The van der Waals surface area contributed by atoms with Gasteiger partial charge in [-0.25, -0.2) is 14.1 Å². The maximum atomic E-state index is 14.1. The monoisotopic (exact) mass is 670 g/mol. The summed E-state index contributed by atoms with van der Waals surface area (Å²) in [6, 6.07) is 11.9. The molecule has 0 bridgehead atoms. The second-order valence-electron chi connectivity index (χ2n) is 12.0. The molecule has 1 saturated heterocycles. The molecule has 2 aliphatic rings. The number of amides is 1. The average molecular weight is 671 g/mol. The van der Waals surface area contributed by atoms with E-state index in [1.165, 1.54) is 29.9 Å². The van der Waals surface area contributed by atoms with E-state index in [2.05, 4.69) is 20.5 Å². The number of hydrogen-bond acceptors (Lipinski definition) is 12. The first-order valence-corrected chi connectivity index (χ1v) is 17.1. The Labute approximate surface area is 271 Å². The number of hydrogen-bond donors (Lipinski definition) is 4. The number of anilines is 1. The molecule has 1 aliphatic heterocycles. The number of aliphatic hydroxyl groups excluding tert-OH is 2. The maximum Gasteiger partial charge on any atom is 0.459 e. The van der Waals surface area contributed by atoms with E-state index in [1.807, 2.05) is 6.07 Å². The van der Waals surface area contributed by atoms with Gasteiger partial charge < -0.3 is 29.5 Å². The van der Waals surface area contributed by atoms with Crippen molar-refractivity contribution in [3.63, 3.8) is 0 Å². The number of fused-ring (bicyclic) bond motifs is 1. The molecule has 1 saturated carbocycles. The van der Waals surface area contributed by atoms with Gasteiger partial charge in [-0.05, 0) is 56.9 Å². The molecule has 3 aromatic rings. The van der Waals surface area contributed by atoms with Crippen LogP contribution in [0.2, 0.25) is 0 Å². The Morgan fingerprint density at radius 3 is 2.55 bits per heavy atom. The summed E-state index contributed by atoms with van der Waals surface area (Å²) in [5.74, 6) is -0.866. The van der Waals surface area contributed by atoms with Crippen LogP contribution in [0, 0.1) is 17.2 Å². The minimum atomic E-state index is -4.45. The van der Waals surface area contributed by atoms with E-state index >= 15 is 0 Å². The summed E-state index contributed by atoms with van der Waals surface area (Å²) in [6.45, 7) is 4.09. The predicted molar refractivity (Wildman–Crippen MR) is 167 cm³/mol. The Hall–Kier alpha value is -3.90. The largest absolute Gasteiger partial charge is 0.461 e. The molecule has 5 rings (SSSR count). The van der Waals surface area contributed by atoms with Gasteiger partial charge in [0.1, 0.15) is 60.7 Å². The SMILES string of the molecule is CC(C)C(=O)Nc1ncnn2c([C@@H]3O[C@](C#N)(CO[P@@](=O)(N[C@@H](C)C(=O)OC4CCCCC4)Oc4ccccc4)[C@@H](O)[C@H]3O)ccc12. The van der Waals surface area contributed by atoms with Crippen molar-refractivity contribution in [3.8, 4) is 11.8 Å². The quantitative estimate of drug-likeness (QED) is 0.161. The molecule has 15 nitrogen and oxygen atoms in total. The van der Waals surface area contributed by atoms with Crippen LogP contribution >= 0.6 is 7.75 Å². The Kier molecular flexibility index (Phi) is 10.6. The van der Waals surface area contributed by atoms with E-state index in [0.29, 0.717) is 5.52 Å². The van der Waals surface area contributed by atoms with Crippen molar-refractivity contribution in [3.05, 3.63) is 54.5 Å². The van der Waals surface area contributed by atoms with E-state index in [-0.39, 0.29) is 35.2 Å². The number of aliphatic hydroxyl groups is 2. The number of esters is 1. The molecule has 2 aromatic heterocycles. The number of carbonyl (C=O) groups is 2. The topological polar surface area (TPSA) is 207 Å². The van der Waals surface area contributed by atoms with E-state index in [9.17, 15) is 29.6 Å². The lowest BCUT2D eigenvalue weighted by Gasteiger charge is -2.29. The number of nitriles is 1. The first-order valence-electron chi connectivity index (χ1n) is 15.5. The van der Waals surface area contributed by atoms with Crippen molar-refractivity contribution in [2.75, 3.05) is 11.9 Å². The van der Waals surface area contributed by atoms with Crippen LogP contribution in [-0.2, 0) is 28.2 Å². The fourth-order valence-corrected chi connectivity index (χ4v) is 6.96. The first kappa shape index (κ1) is 34.4. The smallest absolute Gasteiger partial charge is 0.459 e. The first-order chi connectivity index (χ1) is 22.4. The van der Waals surface area contributed by atoms with E-state index in [4.69, 9.17) is 18.5 Å². The second kappa shape index (κ2) is 14.5. The standard InChI is InChI=1S/C31H39N6O9P/c1-19(2)29(40)35-28-24-15-14-23(37(24)34-18-33-28)26-25(38)27(39)31(16-32,45-26)17-43-47(42,46-22-12-8-5-9-13-22)36-20(3)30(41)44-21-10-6-4-7-11-21/h5,8-9,12-15,18-21,25-27,38-39H,4,6-7,10-11,17H2,1-3H3,(H,36,42)(H,33,34,35,40)/t20-,25-,26-,27-,31+,47-/m0/s1. The lowest BCUT2D eigenvalue weighted by Crippen LogP contribution is -2.46. The van der Waals surface area contributed by atoms with Crippen LogP contribution in [0.1, 0.15) is 64.7 Å². The van der Waals surface area contributed by atoms with Crippen molar-refractivity contribution in [2.24, 2.45) is 5.92 Å². The fraction of sp³-hybridized carbons (Fsp3) is 0.516. The molecule has 6 atom stereocenters. The van der Waals surface area contributed by atoms with Crippen molar-refractivity contribution < 1.29 is 42.9 Å². The Bertz CT molecular complexity index is 1660. The number of aromatic nitrogens is 3. The molecule has 4 N–H and O–H groups in total. The van der Waals surface area contributed by atoms with Crippen LogP contribution in [-0.4, -0.2) is 73.2 Å². The number of ether oxygens (including phenoxy) is 2. The maximum absolute atomic E-state index is 14.1. The third-order valence-corrected chi connectivity index (χ3v) is 9.76. The van der Waals surface area contributed by atoms with Gasteiger partial charge in [-0.2, -0.15) is 15.4 Å². The number of rotatable bonds is 12. The lowest BCUT2D eigenvalue weighted by molar-refractivity contribution is -0.152. The second-order valence-corrected chi connectivity index (χ2v) is 13.7. The highest BCUT2D eigenvalue weighted by Gasteiger charge is 2.57. The fourth-order valence-electron chi connectivity index (χ4n) is 5.44. The van der Waals surface area contributed by atoms with Gasteiger partial charge >= 0.3 is 13.7 Å². The zero-order chi connectivity index (χ0) is 33.8. The van der Waals surface area contributed by atoms with Gasteiger partial charge in [0.25, 0.3) is 0 Å². The molecule has 252 valence electrons. The molecule has 2 fully saturated rings. The third kappa shape index (κ3) is 7.65. The summed E-state index contributed by atoms with van der Waals surface area (Å²) in [5.41, 5.74) is -1.60. The number of benzene rings is 1. The van der Waals surface area contributed by atoms with Crippen LogP contribution in [0.15, 0.2) is 48.8 Å². The van der Waals surface area contributed by atoms with Gasteiger partial charge in [-0.15, -0.1) is 0 Å². The van der Waals surface area contributed by atoms with Crippen LogP contribution in [0.3, 0.4) is 0 Å². The van der Waals surface area contributed by atoms with Crippen LogP contribution in [0.5, 0.6) is 5.75 Å². The molecule has 1 aliphatic carbocycles. The zero-order valence-corrected chi connectivity index (χ0v) is 27.2. The number of carbonyl (C=O) groups excluding carboxylic acids is 2. The Morgan fingerprint density at radius 2 is 1.87 bits per heavy atom. The summed E-state index contributed by atoms with van der Waals surface area (Å²) >= 11 is 0. The van der Waals surface area contributed by atoms with Crippen LogP contribution < -0.4 is 14.9 Å².